The van der Waals surface area contributed by atoms with Crippen molar-refractivity contribution in [2.45, 2.75) is 25.6 Å². The second kappa shape index (κ2) is 7.71. The van der Waals surface area contributed by atoms with Crippen LogP contribution in [0.1, 0.15) is 18.2 Å². The monoisotopic (exact) mass is 392 g/mol. The fourth-order valence-electron chi connectivity index (χ4n) is 2.51. The Morgan fingerprint density at radius 3 is 2.68 bits per heavy atom. The van der Waals surface area contributed by atoms with E-state index in [2.05, 4.69) is 10.5 Å². The highest BCUT2D eigenvalue weighted by atomic mass is 19.4. The Balaban J connectivity index is 1.60. The Morgan fingerprint density at radius 2 is 1.93 bits per heavy atom. The molecule has 0 unspecified atom stereocenters. The summed E-state index contributed by atoms with van der Waals surface area (Å²) < 4.78 is 48.3. The van der Waals surface area contributed by atoms with Crippen LogP contribution in [0.15, 0.2) is 53.1 Å². The molecule has 0 aliphatic carbocycles. The van der Waals surface area contributed by atoms with Crippen LogP contribution in [-0.4, -0.2) is 23.1 Å². The highest BCUT2D eigenvalue weighted by molar-refractivity contribution is 5.95. The highest BCUT2D eigenvalue weighted by Gasteiger charge is 2.30. The van der Waals surface area contributed by atoms with Crippen LogP contribution in [0.2, 0.25) is 0 Å². The molecule has 9 heteroatoms. The van der Waals surface area contributed by atoms with E-state index in [0.29, 0.717) is 16.7 Å². The van der Waals surface area contributed by atoms with E-state index < -0.39 is 29.7 Å². The van der Waals surface area contributed by atoms with Crippen molar-refractivity contribution in [3.8, 4) is 0 Å². The van der Waals surface area contributed by atoms with E-state index >= 15 is 0 Å². The number of halogens is 3. The van der Waals surface area contributed by atoms with E-state index in [0.717, 1.165) is 12.1 Å². The van der Waals surface area contributed by atoms with Crippen molar-refractivity contribution in [2.24, 2.45) is 0 Å². The third-order valence-electron chi connectivity index (χ3n) is 3.90. The Morgan fingerprint density at radius 1 is 1.18 bits per heavy atom. The zero-order chi connectivity index (χ0) is 20.3. The maximum atomic E-state index is 12.7. The number of carbonyl (C=O) groups is 2. The summed E-state index contributed by atoms with van der Waals surface area (Å²) in [7, 11) is 0. The first-order valence-electron chi connectivity index (χ1n) is 8.25. The number of para-hydroxylation sites is 1. The van der Waals surface area contributed by atoms with Crippen LogP contribution in [0.5, 0.6) is 0 Å². The number of ether oxygens (including phenoxy) is 1. The fraction of sp³-hybridized carbons (Fsp3) is 0.211. The van der Waals surface area contributed by atoms with Gasteiger partial charge in [0.05, 0.1) is 12.0 Å². The zero-order valence-electron chi connectivity index (χ0n) is 14.6. The second-order valence-corrected chi connectivity index (χ2v) is 6.00. The number of nitrogens with one attached hydrogen (secondary N) is 1. The lowest BCUT2D eigenvalue weighted by Crippen LogP contribution is -2.30. The molecule has 1 N–H and O–H groups in total. The summed E-state index contributed by atoms with van der Waals surface area (Å²) in [6, 6.07) is 11.1. The molecule has 3 rings (SSSR count). The Bertz CT molecular complexity index is 1010. The second-order valence-electron chi connectivity index (χ2n) is 6.00. The first kappa shape index (κ1) is 19.4. The van der Waals surface area contributed by atoms with Crippen molar-refractivity contribution >= 4 is 28.5 Å². The van der Waals surface area contributed by atoms with Crippen molar-refractivity contribution in [3.05, 3.63) is 59.8 Å². The van der Waals surface area contributed by atoms with E-state index in [1.54, 1.807) is 24.3 Å². The average molecular weight is 392 g/mol. The van der Waals surface area contributed by atoms with Gasteiger partial charge in [0.2, 0.25) is 0 Å². The molecule has 0 fully saturated rings. The van der Waals surface area contributed by atoms with Crippen molar-refractivity contribution < 1.29 is 32.0 Å². The maximum absolute atomic E-state index is 12.7. The molecule has 0 saturated carbocycles. The molecular weight excluding hydrogens is 377 g/mol. The van der Waals surface area contributed by atoms with E-state index in [-0.39, 0.29) is 12.1 Å². The summed E-state index contributed by atoms with van der Waals surface area (Å²) in [5, 5.41) is 6.76. The van der Waals surface area contributed by atoms with Crippen LogP contribution in [0, 0.1) is 0 Å². The van der Waals surface area contributed by atoms with Crippen LogP contribution in [0.4, 0.5) is 18.9 Å². The minimum Gasteiger partial charge on any atom is -0.452 e. The number of rotatable bonds is 5. The number of anilines is 1. The number of fused-ring (bicyclic) bond motifs is 1. The molecule has 0 aliphatic rings. The number of nitrogens with zero attached hydrogens (tertiary/aromatic N) is 1. The molecule has 0 saturated heterocycles. The number of hydrogen-bond donors (Lipinski definition) is 1. The summed E-state index contributed by atoms with van der Waals surface area (Å²) in [5.74, 6) is -1.47. The number of benzene rings is 2. The summed E-state index contributed by atoms with van der Waals surface area (Å²) in [4.78, 5) is 24.2. The van der Waals surface area contributed by atoms with Gasteiger partial charge in [0.1, 0.15) is 5.69 Å². The van der Waals surface area contributed by atoms with Gasteiger partial charge in [-0.25, -0.2) is 0 Å². The van der Waals surface area contributed by atoms with E-state index in [4.69, 9.17) is 9.26 Å². The number of alkyl halides is 3. The van der Waals surface area contributed by atoms with Gasteiger partial charge in [-0.2, -0.15) is 13.2 Å². The van der Waals surface area contributed by atoms with E-state index in [1.807, 2.05) is 0 Å². The fourth-order valence-corrected chi connectivity index (χ4v) is 2.51. The minimum atomic E-state index is -4.53. The Kier molecular flexibility index (Phi) is 5.34. The molecule has 28 heavy (non-hydrogen) atoms. The van der Waals surface area contributed by atoms with Crippen molar-refractivity contribution in [1.82, 2.24) is 5.16 Å². The molecule has 0 radical (unpaired) electrons. The van der Waals surface area contributed by atoms with Gasteiger partial charge in [-0.1, -0.05) is 23.4 Å². The molecular formula is C19H15F3N2O4. The molecule has 2 aromatic carbocycles. The topological polar surface area (TPSA) is 81.4 Å². The van der Waals surface area contributed by atoms with Gasteiger partial charge in [-0.15, -0.1) is 0 Å². The van der Waals surface area contributed by atoms with Crippen LogP contribution in [0.3, 0.4) is 0 Å². The summed E-state index contributed by atoms with van der Waals surface area (Å²) in [6.45, 7) is 1.32. The normalized spacial score (nSPS) is 12.6. The largest absolute Gasteiger partial charge is 0.452 e. The van der Waals surface area contributed by atoms with Gasteiger partial charge in [-0.05, 0) is 37.3 Å². The lowest BCUT2D eigenvalue weighted by Gasteiger charge is -2.14. The van der Waals surface area contributed by atoms with Gasteiger partial charge in [0.15, 0.2) is 11.7 Å². The molecule has 1 aromatic heterocycles. The average Bonchev–Trinajstić information content (AvgIpc) is 3.04. The van der Waals surface area contributed by atoms with Crippen molar-refractivity contribution in [2.75, 3.05) is 5.32 Å². The first-order chi connectivity index (χ1) is 13.2. The van der Waals surface area contributed by atoms with Gasteiger partial charge >= 0.3 is 12.1 Å². The molecule has 3 aromatic rings. The van der Waals surface area contributed by atoms with Crippen LogP contribution in [-0.2, 0) is 26.9 Å². The number of hydrogen-bond acceptors (Lipinski definition) is 5. The van der Waals surface area contributed by atoms with Crippen LogP contribution >= 0.6 is 0 Å². The third-order valence-corrected chi connectivity index (χ3v) is 3.90. The van der Waals surface area contributed by atoms with Gasteiger partial charge in [0.25, 0.3) is 5.91 Å². The predicted octanol–water partition coefficient (Wildman–Crippen LogP) is 3.96. The minimum absolute atomic E-state index is 0.0507. The predicted molar refractivity (Wildman–Crippen MR) is 93.3 cm³/mol. The molecule has 0 aliphatic heterocycles. The van der Waals surface area contributed by atoms with E-state index in [1.165, 1.54) is 19.1 Å². The molecule has 0 spiro atoms. The van der Waals surface area contributed by atoms with Gasteiger partial charge in [0, 0.05) is 11.1 Å². The SMILES string of the molecule is C[C@H](OC(=O)Cc1noc2ccccc12)C(=O)Nc1cccc(C(F)(F)F)c1. The number of esters is 1. The summed E-state index contributed by atoms with van der Waals surface area (Å²) in [5.41, 5.74) is -0.0650. The molecule has 1 atom stereocenters. The molecule has 1 heterocycles. The quantitative estimate of drug-likeness (QED) is 0.665. The highest BCUT2D eigenvalue weighted by Crippen LogP contribution is 2.30. The van der Waals surface area contributed by atoms with Gasteiger partial charge < -0.3 is 14.6 Å². The standard InChI is InChI=1S/C19H15F3N2O4/c1-11(18(26)23-13-6-4-5-12(9-13)19(20,21)22)27-17(25)10-15-14-7-2-3-8-16(14)28-24-15/h2-9,11H,10H2,1H3,(H,23,26)/t11-/m0/s1. The number of carbonyl (C=O) groups excluding carboxylic acids is 2. The third kappa shape index (κ3) is 4.48. The lowest BCUT2D eigenvalue weighted by atomic mass is 10.2. The van der Waals surface area contributed by atoms with E-state index in [9.17, 15) is 22.8 Å². The number of aromatic nitrogens is 1. The van der Waals surface area contributed by atoms with Crippen LogP contribution in [0.25, 0.3) is 11.0 Å². The van der Waals surface area contributed by atoms with Gasteiger partial charge in [-0.3, -0.25) is 9.59 Å². The van der Waals surface area contributed by atoms with Crippen molar-refractivity contribution in [1.29, 1.82) is 0 Å². The summed E-state index contributed by atoms with van der Waals surface area (Å²) >= 11 is 0. The Labute approximate surface area is 157 Å². The molecule has 0 bridgehead atoms. The van der Waals surface area contributed by atoms with Crippen molar-refractivity contribution in [3.63, 3.8) is 0 Å². The number of amides is 1. The maximum Gasteiger partial charge on any atom is 0.416 e. The van der Waals surface area contributed by atoms with Crippen LogP contribution < -0.4 is 5.32 Å². The molecule has 6 nitrogen and oxygen atoms in total. The smallest absolute Gasteiger partial charge is 0.416 e. The molecule has 1 amide bonds. The summed E-state index contributed by atoms with van der Waals surface area (Å²) in [6.07, 6.45) is -5.95. The first-order valence-corrected chi connectivity index (χ1v) is 8.25. The lowest BCUT2D eigenvalue weighted by molar-refractivity contribution is -0.152. The molecule has 146 valence electrons. The Hall–Kier alpha value is -3.36. The zero-order valence-corrected chi connectivity index (χ0v) is 14.6.